The van der Waals surface area contributed by atoms with Gasteiger partial charge in [-0.25, -0.2) is 5.92 Å². The van der Waals surface area contributed by atoms with Crippen molar-refractivity contribution < 1.29 is 29.0 Å². The zero-order chi connectivity index (χ0) is 7.70. The molecule has 0 unspecified atom stereocenters. The van der Waals surface area contributed by atoms with E-state index in [2.05, 4.69) is 11.7 Å². The normalized spacial score (nSPS) is 5.40. The van der Waals surface area contributed by atoms with Crippen LogP contribution >= 0.6 is 0 Å². The number of rotatable bonds is 1. The average Bonchev–Trinajstić information content (AvgIpc) is 1.93. The van der Waals surface area contributed by atoms with Gasteiger partial charge < -0.3 is 22.9 Å². The number of carbonyl (C=O) groups excluding carboxylic acids is 1. The van der Waals surface area contributed by atoms with E-state index in [1.807, 2.05) is 0 Å². The van der Waals surface area contributed by atoms with Crippen molar-refractivity contribution in [3.05, 3.63) is 13.3 Å². The molecule has 0 rings (SSSR count). The first-order valence-corrected chi connectivity index (χ1v) is 2.61. The minimum Gasteiger partial charge on any atom is -0.542 e. The molecule has 0 aliphatic carbocycles. The van der Waals surface area contributed by atoms with Crippen molar-refractivity contribution in [3.63, 3.8) is 0 Å². The molecular formula is C7H10O2Zn. The smallest absolute Gasteiger partial charge is 0.542 e. The summed E-state index contributed by atoms with van der Waals surface area (Å²) in [6.45, 7) is 6.99. The monoisotopic (exact) mass is 190 g/mol. The van der Waals surface area contributed by atoms with Crippen LogP contribution in [-0.4, -0.2) is 12.6 Å². The molecule has 0 N–H and O–H groups in total. The van der Waals surface area contributed by atoms with Crippen molar-refractivity contribution >= 4 is 5.97 Å². The van der Waals surface area contributed by atoms with Gasteiger partial charge in [-0.15, -0.1) is 0 Å². The van der Waals surface area contributed by atoms with Crippen molar-refractivity contribution in [2.45, 2.75) is 13.8 Å². The molecule has 2 nitrogen and oxygen atoms in total. The zero-order valence-electron chi connectivity index (χ0n) is 6.44. The molecule has 0 aliphatic rings. The van der Waals surface area contributed by atoms with E-state index < -0.39 is 5.97 Å². The van der Waals surface area contributed by atoms with Crippen molar-refractivity contribution in [1.82, 2.24) is 0 Å². The maximum atomic E-state index is 9.89. The van der Waals surface area contributed by atoms with Gasteiger partial charge in [-0.1, -0.05) is 0 Å². The maximum Gasteiger partial charge on any atom is 2.00 e. The van der Waals surface area contributed by atoms with E-state index in [9.17, 15) is 4.79 Å². The van der Waals surface area contributed by atoms with E-state index in [0.29, 0.717) is 6.61 Å². The second-order valence-electron chi connectivity index (χ2n) is 0.845. The first-order valence-electron chi connectivity index (χ1n) is 2.61. The first kappa shape index (κ1) is 16.3. The summed E-state index contributed by atoms with van der Waals surface area (Å²) in [5.41, 5.74) is 0. The number of hydrogen-bond donors (Lipinski definition) is 0. The standard InChI is InChI=1S/C5H5O2.C2H5.Zn/c1-3-5(6)7-4-2;1-2;/h4H2,2H3;1H2,2H3;/q2*-1;+2. The fourth-order valence-electron chi connectivity index (χ4n) is 0.167. The van der Waals surface area contributed by atoms with Gasteiger partial charge in [-0.05, 0) is 6.92 Å². The van der Waals surface area contributed by atoms with Gasteiger partial charge in [0.05, 0.1) is 6.61 Å². The van der Waals surface area contributed by atoms with Gasteiger partial charge >= 0.3 is 19.5 Å². The minimum atomic E-state index is -0.706. The van der Waals surface area contributed by atoms with E-state index in [1.165, 1.54) is 0 Å². The van der Waals surface area contributed by atoms with Crippen LogP contribution < -0.4 is 0 Å². The van der Waals surface area contributed by atoms with Gasteiger partial charge in [0.25, 0.3) is 0 Å². The second kappa shape index (κ2) is 15.9. The summed E-state index contributed by atoms with van der Waals surface area (Å²) in [5.74, 6) is 0.849. The molecule has 0 aromatic rings. The molecule has 0 saturated heterocycles. The number of carbonyl (C=O) groups is 1. The van der Waals surface area contributed by atoms with Crippen LogP contribution in [0, 0.1) is 19.3 Å². The Morgan fingerprint density at radius 3 is 2.20 bits per heavy atom. The summed E-state index contributed by atoms with van der Waals surface area (Å²) in [6, 6.07) is 0. The van der Waals surface area contributed by atoms with E-state index >= 15 is 0 Å². The Morgan fingerprint density at radius 2 is 2.10 bits per heavy atom. The summed E-state index contributed by atoms with van der Waals surface area (Å²) in [4.78, 5) is 9.89. The number of hydrogen-bond acceptors (Lipinski definition) is 2. The Bertz CT molecular complexity index is 105. The molecule has 0 aromatic carbocycles. The summed E-state index contributed by atoms with van der Waals surface area (Å²) in [5, 5.41) is 0. The fraction of sp³-hybridized carbons (Fsp3) is 0.429. The summed E-state index contributed by atoms with van der Waals surface area (Å²) in [7, 11) is 0. The second-order valence-corrected chi connectivity index (χ2v) is 0.845. The Balaban J connectivity index is -0.000000149. The molecule has 0 fully saturated rings. The molecule has 0 radical (unpaired) electrons. The number of esters is 1. The van der Waals surface area contributed by atoms with Gasteiger partial charge in [-0.2, -0.15) is 6.92 Å². The van der Waals surface area contributed by atoms with E-state index in [-0.39, 0.29) is 19.5 Å². The predicted molar refractivity (Wildman–Crippen MR) is 34.8 cm³/mol. The topological polar surface area (TPSA) is 26.3 Å². The third-order valence-electron chi connectivity index (χ3n) is 0.377. The van der Waals surface area contributed by atoms with Crippen LogP contribution in [-0.2, 0) is 29.0 Å². The van der Waals surface area contributed by atoms with Gasteiger partial charge in [0.2, 0.25) is 5.97 Å². The Hall–Kier alpha value is -0.347. The molecule has 52 valence electrons. The molecule has 0 amide bonds. The predicted octanol–water partition coefficient (Wildman–Crippen LogP) is 0.977. The van der Waals surface area contributed by atoms with E-state index in [1.54, 1.807) is 19.8 Å². The third kappa shape index (κ3) is 15.6. The van der Waals surface area contributed by atoms with Gasteiger partial charge in [-0.3, -0.25) is 0 Å². The van der Waals surface area contributed by atoms with Crippen LogP contribution in [0.1, 0.15) is 13.8 Å². The number of ether oxygens (including phenoxy) is 1. The van der Waals surface area contributed by atoms with Gasteiger partial charge in [0, 0.05) is 0 Å². The molecule has 0 spiro atoms. The Labute approximate surface area is 75.1 Å². The molecular weight excluding hydrogens is 181 g/mol. The minimum absolute atomic E-state index is 0. The molecule has 0 atom stereocenters. The molecule has 0 aliphatic heterocycles. The molecule has 0 bridgehead atoms. The van der Waals surface area contributed by atoms with Crippen molar-refractivity contribution in [1.29, 1.82) is 0 Å². The van der Waals surface area contributed by atoms with Crippen LogP contribution in [0.2, 0.25) is 0 Å². The largest absolute Gasteiger partial charge is 2.00 e. The van der Waals surface area contributed by atoms with Crippen molar-refractivity contribution in [3.8, 4) is 5.92 Å². The molecule has 0 aromatic heterocycles. The van der Waals surface area contributed by atoms with Crippen LogP contribution in [0.4, 0.5) is 0 Å². The van der Waals surface area contributed by atoms with Crippen molar-refractivity contribution in [2.24, 2.45) is 0 Å². The maximum absolute atomic E-state index is 9.89. The summed E-state index contributed by atoms with van der Waals surface area (Å²) in [6.07, 6.45) is 6.19. The van der Waals surface area contributed by atoms with Gasteiger partial charge in [0.15, 0.2) is 0 Å². The van der Waals surface area contributed by atoms with E-state index in [4.69, 9.17) is 6.42 Å². The Kier molecular flexibility index (Phi) is 25.9. The van der Waals surface area contributed by atoms with Crippen molar-refractivity contribution in [2.75, 3.05) is 6.61 Å². The Morgan fingerprint density at radius 1 is 1.70 bits per heavy atom. The van der Waals surface area contributed by atoms with E-state index in [0.717, 1.165) is 0 Å². The molecule has 10 heavy (non-hydrogen) atoms. The quantitative estimate of drug-likeness (QED) is 0.267. The average molecular weight is 192 g/mol. The third-order valence-corrected chi connectivity index (χ3v) is 0.377. The SMILES string of the molecule is [C-]#CC(=O)OCC.[CH2-]C.[Zn+2]. The molecule has 0 saturated carbocycles. The fourth-order valence-corrected chi connectivity index (χ4v) is 0.167. The molecule has 3 heteroatoms. The van der Waals surface area contributed by atoms with Crippen LogP contribution in [0.15, 0.2) is 0 Å². The summed E-state index contributed by atoms with van der Waals surface area (Å²) < 4.78 is 4.25. The van der Waals surface area contributed by atoms with Crippen LogP contribution in [0.5, 0.6) is 0 Å². The van der Waals surface area contributed by atoms with Gasteiger partial charge in [0.1, 0.15) is 0 Å². The van der Waals surface area contributed by atoms with Crippen LogP contribution in [0.25, 0.3) is 0 Å². The first-order chi connectivity index (χ1) is 4.31. The van der Waals surface area contributed by atoms with Crippen LogP contribution in [0.3, 0.4) is 0 Å². The zero-order valence-corrected chi connectivity index (χ0v) is 9.40. The summed E-state index contributed by atoms with van der Waals surface area (Å²) >= 11 is 0. The molecule has 0 heterocycles.